The van der Waals surface area contributed by atoms with E-state index in [1.165, 1.54) is 17.6 Å². The molecule has 2 aliphatic rings. The number of hydrogen-bond donors (Lipinski definition) is 1. The zero-order chi connectivity index (χ0) is 17.6. The minimum atomic E-state index is -3.37. The van der Waals surface area contributed by atoms with Crippen molar-refractivity contribution in [2.45, 2.75) is 43.1 Å². The highest BCUT2D eigenvalue weighted by Crippen LogP contribution is 2.40. The van der Waals surface area contributed by atoms with E-state index in [-0.39, 0.29) is 0 Å². The van der Waals surface area contributed by atoms with Gasteiger partial charge in [-0.2, -0.15) is 0 Å². The molecule has 0 radical (unpaired) electrons. The second-order valence-corrected chi connectivity index (χ2v) is 9.90. The number of thiazole rings is 1. The van der Waals surface area contributed by atoms with Crippen molar-refractivity contribution in [3.63, 3.8) is 0 Å². The van der Waals surface area contributed by atoms with Gasteiger partial charge in [-0.3, -0.25) is 0 Å². The Morgan fingerprint density at radius 3 is 2.68 bits per heavy atom. The summed E-state index contributed by atoms with van der Waals surface area (Å²) in [6, 6.07) is 5.65. The predicted molar refractivity (Wildman–Crippen MR) is 100 cm³/mol. The van der Waals surface area contributed by atoms with Crippen LogP contribution in [0.3, 0.4) is 0 Å². The van der Waals surface area contributed by atoms with Gasteiger partial charge in [0.05, 0.1) is 21.6 Å². The first kappa shape index (κ1) is 17.0. The molecule has 7 heteroatoms. The number of hydrogen-bond acceptors (Lipinski definition) is 6. The van der Waals surface area contributed by atoms with Crippen LogP contribution >= 0.6 is 11.3 Å². The summed E-state index contributed by atoms with van der Waals surface area (Å²) in [6.07, 6.45) is 5.59. The van der Waals surface area contributed by atoms with Crippen LogP contribution in [0.15, 0.2) is 23.1 Å². The zero-order valence-corrected chi connectivity index (χ0v) is 15.9. The van der Waals surface area contributed by atoms with Crippen LogP contribution in [0.1, 0.15) is 42.4 Å². The normalized spacial score (nSPS) is 20.7. The molecular weight excluding hydrogens is 356 g/mol. The maximum absolute atomic E-state index is 12.4. The van der Waals surface area contributed by atoms with Crippen molar-refractivity contribution in [2.75, 3.05) is 24.2 Å². The molecule has 25 heavy (non-hydrogen) atoms. The lowest BCUT2D eigenvalue weighted by Gasteiger charge is -2.19. The van der Waals surface area contributed by atoms with Gasteiger partial charge in [0.1, 0.15) is 5.01 Å². The maximum Gasteiger partial charge on any atom is 0.176 e. The molecule has 5 nitrogen and oxygen atoms in total. The van der Waals surface area contributed by atoms with Gasteiger partial charge in [0, 0.05) is 30.6 Å². The molecule has 1 aliphatic carbocycles. The first-order chi connectivity index (χ1) is 11.9. The van der Waals surface area contributed by atoms with E-state index in [0.717, 1.165) is 61.5 Å². The van der Waals surface area contributed by atoms with Crippen LogP contribution in [0.5, 0.6) is 0 Å². The highest BCUT2D eigenvalue weighted by Gasteiger charge is 2.26. The van der Waals surface area contributed by atoms with Crippen LogP contribution in [0.2, 0.25) is 0 Å². The lowest BCUT2D eigenvalue weighted by atomic mass is 10.0. The number of benzene rings is 1. The Labute approximate surface area is 152 Å². The van der Waals surface area contributed by atoms with Gasteiger partial charge in [-0.05, 0) is 50.3 Å². The summed E-state index contributed by atoms with van der Waals surface area (Å²) in [5.74, 6) is 0. The zero-order valence-electron chi connectivity index (χ0n) is 14.2. The second kappa shape index (κ2) is 6.37. The van der Waals surface area contributed by atoms with E-state index in [1.54, 1.807) is 6.07 Å². The fraction of sp³-hybridized carbons (Fsp3) is 0.500. The molecule has 1 aromatic carbocycles. The highest BCUT2D eigenvalue weighted by atomic mass is 32.2. The molecule has 134 valence electrons. The van der Waals surface area contributed by atoms with E-state index >= 15 is 0 Å². The van der Waals surface area contributed by atoms with Crippen LogP contribution < -0.4 is 4.90 Å². The Kier molecular flexibility index (Phi) is 4.33. The summed E-state index contributed by atoms with van der Waals surface area (Å²) in [6.45, 7) is 1.95. The van der Waals surface area contributed by atoms with Gasteiger partial charge in [-0.15, -0.1) is 11.3 Å². The molecule has 1 atom stereocenters. The van der Waals surface area contributed by atoms with E-state index in [9.17, 15) is 13.5 Å². The molecule has 1 unspecified atom stereocenters. The van der Waals surface area contributed by atoms with Crippen molar-refractivity contribution in [3.8, 4) is 10.6 Å². The third-order valence-electron chi connectivity index (χ3n) is 4.99. The highest BCUT2D eigenvalue weighted by molar-refractivity contribution is 7.90. The average molecular weight is 379 g/mol. The summed E-state index contributed by atoms with van der Waals surface area (Å²) < 4.78 is 24.8. The number of aryl methyl sites for hydroxylation is 1. The SMILES string of the molecule is CS(=O)(=O)c1cc(N2CCCC2)ccc1-c1nc2c(s1)C(O)CCC2. The van der Waals surface area contributed by atoms with Gasteiger partial charge in [-0.25, -0.2) is 13.4 Å². The Balaban J connectivity index is 1.81. The number of aliphatic hydroxyl groups excluding tert-OH is 1. The van der Waals surface area contributed by atoms with Crippen LogP contribution in [0, 0.1) is 0 Å². The van der Waals surface area contributed by atoms with Crippen LogP contribution in [0.25, 0.3) is 10.6 Å². The molecule has 1 N–H and O–H groups in total. The summed E-state index contributed by atoms with van der Waals surface area (Å²) in [5, 5.41) is 10.9. The first-order valence-corrected chi connectivity index (χ1v) is 11.4. The standard InChI is InChI=1S/C18H22N2O3S2/c1-25(22,23)16-11-12(20-9-2-3-10-20)7-8-13(16)18-19-14-5-4-6-15(21)17(14)24-18/h7-8,11,15,21H,2-6,9-10H2,1H3. The lowest BCUT2D eigenvalue weighted by molar-refractivity contribution is 0.160. The van der Waals surface area contributed by atoms with Gasteiger partial charge < -0.3 is 10.0 Å². The number of aliphatic hydroxyl groups is 1. The number of aromatic nitrogens is 1. The largest absolute Gasteiger partial charge is 0.388 e. The quantitative estimate of drug-likeness (QED) is 0.888. The lowest BCUT2D eigenvalue weighted by Crippen LogP contribution is -2.18. The van der Waals surface area contributed by atoms with E-state index in [2.05, 4.69) is 9.88 Å². The van der Waals surface area contributed by atoms with Crippen molar-refractivity contribution in [1.82, 2.24) is 4.98 Å². The molecule has 1 aromatic heterocycles. The summed E-state index contributed by atoms with van der Waals surface area (Å²) in [4.78, 5) is 8.11. The molecule has 0 saturated carbocycles. The van der Waals surface area contributed by atoms with E-state index in [1.807, 2.05) is 12.1 Å². The van der Waals surface area contributed by atoms with Gasteiger partial charge in [0.15, 0.2) is 9.84 Å². The monoisotopic (exact) mass is 378 g/mol. The summed E-state index contributed by atoms with van der Waals surface area (Å²) >= 11 is 1.43. The molecule has 1 aliphatic heterocycles. The van der Waals surface area contributed by atoms with E-state index in [0.29, 0.717) is 15.5 Å². The third-order valence-corrected chi connectivity index (χ3v) is 7.36. The molecule has 1 fully saturated rings. The molecule has 0 spiro atoms. The van der Waals surface area contributed by atoms with Crippen LogP contribution in [-0.2, 0) is 16.3 Å². The molecule has 0 amide bonds. The molecule has 2 heterocycles. The fourth-order valence-electron chi connectivity index (χ4n) is 3.68. The fourth-order valence-corrected chi connectivity index (χ4v) is 5.81. The maximum atomic E-state index is 12.4. The molecule has 2 aromatic rings. The number of sulfone groups is 1. The van der Waals surface area contributed by atoms with Crippen molar-refractivity contribution in [3.05, 3.63) is 28.8 Å². The van der Waals surface area contributed by atoms with Gasteiger partial charge in [0.25, 0.3) is 0 Å². The smallest absolute Gasteiger partial charge is 0.176 e. The van der Waals surface area contributed by atoms with Gasteiger partial charge in [-0.1, -0.05) is 0 Å². The first-order valence-electron chi connectivity index (χ1n) is 8.70. The Morgan fingerprint density at radius 2 is 2.00 bits per heavy atom. The van der Waals surface area contributed by atoms with Crippen LogP contribution in [-0.4, -0.2) is 37.9 Å². The molecule has 4 rings (SSSR count). The minimum Gasteiger partial charge on any atom is -0.388 e. The van der Waals surface area contributed by atoms with Crippen molar-refractivity contribution in [2.24, 2.45) is 0 Å². The van der Waals surface area contributed by atoms with Gasteiger partial charge >= 0.3 is 0 Å². The number of anilines is 1. The Bertz CT molecular complexity index is 899. The predicted octanol–water partition coefficient (Wildman–Crippen LogP) is 3.18. The minimum absolute atomic E-state index is 0.331. The van der Waals surface area contributed by atoms with Crippen LogP contribution in [0.4, 0.5) is 5.69 Å². The van der Waals surface area contributed by atoms with E-state index < -0.39 is 15.9 Å². The number of nitrogens with zero attached hydrogens (tertiary/aromatic N) is 2. The number of rotatable bonds is 3. The third kappa shape index (κ3) is 3.20. The Hall–Kier alpha value is -1.44. The van der Waals surface area contributed by atoms with Crippen molar-refractivity contribution < 1.29 is 13.5 Å². The Morgan fingerprint density at radius 1 is 1.24 bits per heavy atom. The van der Waals surface area contributed by atoms with Crippen molar-refractivity contribution in [1.29, 1.82) is 0 Å². The number of fused-ring (bicyclic) bond motifs is 1. The molecular formula is C18H22N2O3S2. The molecule has 1 saturated heterocycles. The average Bonchev–Trinajstić information content (AvgIpc) is 3.24. The topological polar surface area (TPSA) is 70.5 Å². The molecule has 0 bridgehead atoms. The summed E-state index contributed by atoms with van der Waals surface area (Å²) in [5.41, 5.74) is 2.53. The summed E-state index contributed by atoms with van der Waals surface area (Å²) in [7, 11) is -3.37. The van der Waals surface area contributed by atoms with Gasteiger partial charge in [0.2, 0.25) is 0 Å². The van der Waals surface area contributed by atoms with E-state index in [4.69, 9.17) is 0 Å². The van der Waals surface area contributed by atoms with Crippen molar-refractivity contribution >= 4 is 26.9 Å². The second-order valence-electron chi connectivity index (χ2n) is 6.88.